The lowest BCUT2D eigenvalue weighted by atomic mass is 10.0. The standard InChI is InChI=1S/C36H47ClN2/c1-3-5-7-9-11-13-15-30-18-23-34(24-19-30)38-28-32-17-22-33(36(37)27-32)29-39-35-25-20-31(21-26-35)16-14-12-10-8-6-4-2/h17-29H,3-16H2,1-2H3. The van der Waals surface area contributed by atoms with E-state index in [-0.39, 0.29) is 0 Å². The number of benzene rings is 3. The highest BCUT2D eigenvalue weighted by Crippen LogP contribution is 2.20. The fourth-order valence-electron chi connectivity index (χ4n) is 4.74. The van der Waals surface area contributed by atoms with Gasteiger partial charge in [-0.1, -0.05) is 126 Å². The highest BCUT2D eigenvalue weighted by molar-refractivity contribution is 6.33. The van der Waals surface area contributed by atoms with Gasteiger partial charge in [0.25, 0.3) is 0 Å². The summed E-state index contributed by atoms with van der Waals surface area (Å²) in [5.74, 6) is 0. The largest absolute Gasteiger partial charge is 0.256 e. The van der Waals surface area contributed by atoms with Gasteiger partial charge in [0.2, 0.25) is 0 Å². The van der Waals surface area contributed by atoms with Crippen molar-refractivity contribution in [2.24, 2.45) is 9.98 Å². The maximum atomic E-state index is 6.56. The van der Waals surface area contributed by atoms with Crippen LogP contribution in [0.1, 0.15) is 113 Å². The molecule has 2 nitrogen and oxygen atoms in total. The summed E-state index contributed by atoms with van der Waals surface area (Å²) in [6.07, 6.45) is 22.0. The molecule has 0 aliphatic carbocycles. The molecule has 0 spiro atoms. The van der Waals surface area contributed by atoms with Crippen molar-refractivity contribution in [1.29, 1.82) is 0 Å². The van der Waals surface area contributed by atoms with Crippen LogP contribution in [0.4, 0.5) is 11.4 Å². The third kappa shape index (κ3) is 12.3. The predicted octanol–water partition coefficient (Wildman–Crippen LogP) is 11.6. The number of aliphatic imine (C=N–C) groups is 2. The minimum atomic E-state index is 0.677. The second-order valence-corrected chi connectivity index (χ2v) is 11.1. The summed E-state index contributed by atoms with van der Waals surface area (Å²) in [6.45, 7) is 4.53. The molecule has 0 radical (unpaired) electrons. The van der Waals surface area contributed by atoms with Crippen molar-refractivity contribution >= 4 is 35.4 Å². The van der Waals surface area contributed by atoms with Crippen LogP contribution in [0.15, 0.2) is 76.7 Å². The van der Waals surface area contributed by atoms with Gasteiger partial charge in [0.05, 0.1) is 11.4 Å². The molecule has 0 aromatic heterocycles. The SMILES string of the molecule is CCCCCCCCc1ccc(N=Cc2ccc(C=Nc3ccc(CCCCCCCC)cc3)c(Cl)c2)cc1. The van der Waals surface area contributed by atoms with Gasteiger partial charge in [-0.3, -0.25) is 9.98 Å². The van der Waals surface area contributed by atoms with Gasteiger partial charge in [0.15, 0.2) is 0 Å². The Morgan fingerprint density at radius 3 is 1.49 bits per heavy atom. The fraction of sp³-hybridized carbons (Fsp3) is 0.444. The van der Waals surface area contributed by atoms with Crippen LogP contribution >= 0.6 is 11.6 Å². The zero-order chi connectivity index (χ0) is 27.5. The number of hydrogen-bond acceptors (Lipinski definition) is 2. The first-order valence-corrected chi connectivity index (χ1v) is 15.6. The van der Waals surface area contributed by atoms with E-state index in [4.69, 9.17) is 11.6 Å². The van der Waals surface area contributed by atoms with E-state index in [9.17, 15) is 0 Å². The number of unbranched alkanes of at least 4 members (excludes halogenated alkanes) is 10. The van der Waals surface area contributed by atoms with E-state index >= 15 is 0 Å². The van der Waals surface area contributed by atoms with Crippen molar-refractivity contribution in [3.63, 3.8) is 0 Å². The Bertz CT molecular complexity index is 1130. The van der Waals surface area contributed by atoms with Crippen molar-refractivity contribution in [1.82, 2.24) is 0 Å². The Morgan fingerprint density at radius 1 is 0.538 bits per heavy atom. The zero-order valence-corrected chi connectivity index (χ0v) is 24.9. The summed E-state index contributed by atoms with van der Waals surface area (Å²) in [5, 5.41) is 0.677. The van der Waals surface area contributed by atoms with Crippen LogP contribution in [0.2, 0.25) is 5.02 Å². The van der Waals surface area contributed by atoms with Gasteiger partial charge in [-0.15, -0.1) is 0 Å². The zero-order valence-electron chi connectivity index (χ0n) is 24.2. The Labute approximate surface area is 242 Å². The van der Waals surface area contributed by atoms with E-state index < -0.39 is 0 Å². The van der Waals surface area contributed by atoms with E-state index in [0.717, 1.165) is 35.3 Å². The Kier molecular flexibility index (Phi) is 14.7. The summed E-state index contributed by atoms with van der Waals surface area (Å²) >= 11 is 6.56. The lowest BCUT2D eigenvalue weighted by Gasteiger charge is -2.04. The highest BCUT2D eigenvalue weighted by atomic mass is 35.5. The topological polar surface area (TPSA) is 24.7 Å². The van der Waals surface area contributed by atoms with Crippen molar-refractivity contribution in [2.75, 3.05) is 0 Å². The van der Waals surface area contributed by atoms with Crippen LogP contribution in [0, 0.1) is 0 Å². The normalized spacial score (nSPS) is 11.7. The predicted molar refractivity (Wildman–Crippen MR) is 173 cm³/mol. The number of rotatable bonds is 18. The maximum absolute atomic E-state index is 6.56. The molecule has 39 heavy (non-hydrogen) atoms. The van der Waals surface area contributed by atoms with Gasteiger partial charge < -0.3 is 0 Å². The third-order valence-electron chi connectivity index (χ3n) is 7.25. The molecule has 0 aliphatic heterocycles. The molecule has 0 fully saturated rings. The molecule has 0 saturated heterocycles. The molecule has 0 amide bonds. The summed E-state index contributed by atoms with van der Waals surface area (Å²) in [7, 11) is 0. The van der Waals surface area contributed by atoms with Gasteiger partial charge in [-0.05, 0) is 72.7 Å². The molecule has 3 aromatic carbocycles. The monoisotopic (exact) mass is 542 g/mol. The number of halogens is 1. The van der Waals surface area contributed by atoms with Crippen molar-refractivity contribution < 1.29 is 0 Å². The van der Waals surface area contributed by atoms with E-state index in [1.54, 1.807) is 0 Å². The molecule has 0 saturated carbocycles. The summed E-state index contributed by atoms with van der Waals surface area (Å²) in [4.78, 5) is 9.28. The Balaban J connectivity index is 1.44. The van der Waals surface area contributed by atoms with Crippen molar-refractivity contribution in [3.8, 4) is 0 Å². The van der Waals surface area contributed by atoms with Gasteiger partial charge in [-0.2, -0.15) is 0 Å². The molecule has 0 N–H and O–H groups in total. The average molecular weight is 543 g/mol. The summed E-state index contributed by atoms with van der Waals surface area (Å²) in [5.41, 5.74) is 6.57. The second kappa shape index (κ2) is 18.6. The Morgan fingerprint density at radius 2 is 1.00 bits per heavy atom. The molecule has 208 valence electrons. The first kappa shape index (κ1) is 30.8. The first-order valence-electron chi connectivity index (χ1n) is 15.2. The number of aryl methyl sites for hydroxylation is 2. The average Bonchev–Trinajstić information content (AvgIpc) is 2.96. The van der Waals surface area contributed by atoms with Crippen LogP contribution in [-0.2, 0) is 12.8 Å². The second-order valence-electron chi connectivity index (χ2n) is 10.7. The number of hydrogen-bond donors (Lipinski definition) is 0. The molecule has 0 bridgehead atoms. The van der Waals surface area contributed by atoms with Crippen LogP contribution in [0.5, 0.6) is 0 Å². The summed E-state index contributed by atoms with van der Waals surface area (Å²) < 4.78 is 0. The van der Waals surface area contributed by atoms with Crippen molar-refractivity contribution in [3.05, 3.63) is 94.0 Å². The van der Waals surface area contributed by atoms with Gasteiger partial charge in [0.1, 0.15) is 0 Å². The number of nitrogens with zero attached hydrogens (tertiary/aromatic N) is 2. The van der Waals surface area contributed by atoms with Crippen LogP contribution in [0.25, 0.3) is 0 Å². The lowest BCUT2D eigenvalue weighted by molar-refractivity contribution is 0.607. The lowest BCUT2D eigenvalue weighted by Crippen LogP contribution is -1.88. The maximum Gasteiger partial charge on any atom is 0.0630 e. The highest BCUT2D eigenvalue weighted by Gasteiger charge is 2.01. The first-order chi connectivity index (χ1) is 19.2. The van der Waals surface area contributed by atoms with Gasteiger partial charge >= 0.3 is 0 Å². The van der Waals surface area contributed by atoms with E-state index in [1.807, 2.05) is 30.6 Å². The smallest absolute Gasteiger partial charge is 0.0630 e. The van der Waals surface area contributed by atoms with Crippen LogP contribution < -0.4 is 0 Å². The molecule has 3 heteroatoms. The molecular formula is C36H47ClN2. The summed E-state index contributed by atoms with van der Waals surface area (Å²) in [6, 6.07) is 23.2. The molecule has 0 unspecified atom stereocenters. The van der Waals surface area contributed by atoms with E-state index in [1.165, 1.54) is 88.2 Å². The minimum Gasteiger partial charge on any atom is -0.256 e. The Hall–Kier alpha value is -2.71. The molecular weight excluding hydrogens is 496 g/mol. The van der Waals surface area contributed by atoms with E-state index in [2.05, 4.69) is 72.4 Å². The van der Waals surface area contributed by atoms with Gasteiger partial charge in [0, 0.05) is 23.0 Å². The van der Waals surface area contributed by atoms with Crippen LogP contribution in [0.3, 0.4) is 0 Å². The fourth-order valence-corrected chi connectivity index (χ4v) is 4.98. The molecule has 0 aliphatic rings. The molecule has 3 aromatic rings. The third-order valence-corrected chi connectivity index (χ3v) is 7.58. The van der Waals surface area contributed by atoms with Crippen LogP contribution in [-0.4, -0.2) is 12.4 Å². The van der Waals surface area contributed by atoms with Gasteiger partial charge in [-0.25, -0.2) is 0 Å². The molecule has 3 rings (SSSR count). The van der Waals surface area contributed by atoms with E-state index in [0.29, 0.717) is 5.02 Å². The van der Waals surface area contributed by atoms with Crippen molar-refractivity contribution in [2.45, 2.75) is 104 Å². The quantitative estimate of drug-likeness (QED) is 0.113. The minimum absolute atomic E-state index is 0.677. The molecule has 0 heterocycles. The molecule has 0 atom stereocenters.